The molecule has 0 aromatic heterocycles. The van der Waals surface area contributed by atoms with Crippen molar-refractivity contribution in [2.75, 3.05) is 26.2 Å². The van der Waals surface area contributed by atoms with E-state index < -0.39 is 5.41 Å². The Kier molecular flexibility index (Phi) is 5.59. The second-order valence-electron chi connectivity index (χ2n) is 9.28. The van der Waals surface area contributed by atoms with E-state index in [0.717, 1.165) is 36.7 Å². The van der Waals surface area contributed by atoms with Gasteiger partial charge in [-0.2, -0.15) is 0 Å². The van der Waals surface area contributed by atoms with Crippen LogP contribution >= 0.6 is 0 Å². The third-order valence-corrected chi connectivity index (χ3v) is 7.89. The summed E-state index contributed by atoms with van der Waals surface area (Å²) in [6, 6.07) is 10.5. The zero-order chi connectivity index (χ0) is 18.7. The Balaban J connectivity index is 1.57. The summed E-state index contributed by atoms with van der Waals surface area (Å²) in [7, 11) is 0. The van der Waals surface area contributed by atoms with Crippen molar-refractivity contribution in [3.63, 3.8) is 0 Å². The number of hydrogen-bond acceptors (Lipinski definition) is 2. The van der Waals surface area contributed by atoms with Crippen LogP contribution in [0.15, 0.2) is 30.3 Å². The van der Waals surface area contributed by atoms with Crippen molar-refractivity contribution in [1.82, 2.24) is 0 Å². The summed E-state index contributed by atoms with van der Waals surface area (Å²) in [4.78, 5) is 13.7. The van der Waals surface area contributed by atoms with Gasteiger partial charge in [0.2, 0.25) is 0 Å². The van der Waals surface area contributed by atoms with E-state index in [0.29, 0.717) is 5.92 Å². The van der Waals surface area contributed by atoms with E-state index in [2.05, 4.69) is 31.2 Å². The highest BCUT2D eigenvalue weighted by molar-refractivity contribution is 5.83. The molecule has 1 aromatic carbocycles. The Morgan fingerprint density at radius 3 is 2.30 bits per heavy atom. The fourth-order valence-corrected chi connectivity index (χ4v) is 5.93. The fraction of sp³-hybridized carbons (Fsp3) is 0.708. The molecule has 27 heavy (non-hydrogen) atoms. The van der Waals surface area contributed by atoms with Crippen LogP contribution in [0.4, 0.5) is 0 Å². The van der Waals surface area contributed by atoms with Crippen LogP contribution in [0.5, 0.6) is 0 Å². The molecule has 148 valence electrons. The van der Waals surface area contributed by atoms with E-state index in [9.17, 15) is 4.79 Å². The van der Waals surface area contributed by atoms with E-state index in [-0.39, 0.29) is 12.1 Å². The molecule has 0 N–H and O–H groups in total. The van der Waals surface area contributed by atoms with E-state index >= 15 is 0 Å². The van der Waals surface area contributed by atoms with Crippen molar-refractivity contribution in [3.05, 3.63) is 35.9 Å². The summed E-state index contributed by atoms with van der Waals surface area (Å²) in [5.74, 6) is 0.658. The largest absolute Gasteiger partial charge is 0.455 e. The van der Waals surface area contributed by atoms with Gasteiger partial charge in [-0.05, 0) is 25.3 Å². The number of quaternary nitrogens is 1. The van der Waals surface area contributed by atoms with Gasteiger partial charge in [0.25, 0.3) is 0 Å². The SMILES string of the molecule is CC[N+]12CCC(CC1)[C@@H](OC(=O)C1(c3ccccc3)CCCCCCC1)C2. The summed E-state index contributed by atoms with van der Waals surface area (Å²) in [6.45, 7) is 7.06. The molecule has 3 nitrogen and oxygen atoms in total. The van der Waals surface area contributed by atoms with E-state index in [1.807, 2.05) is 6.07 Å². The molecule has 3 heteroatoms. The molecule has 4 fully saturated rings. The number of likely N-dealkylation sites (N-methyl/N-ethyl adjacent to an activating group) is 1. The van der Waals surface area contributed by atoms with Gasteiger partial charge >= 0.3 is 5.97 Å². The van der Waals surface area contributed by atoms with Gasteiger partial charge in [-0.3, -0.25) is 4.79 Å². The molecule has 1 aliphatic carbocycles. The first kappa shape index (κ1) is 19.0. The van der Waals surface area contributed by atoms with Gasteiger partial charge < -0.3 is 9.22 Å². The number of fused-ring (bicyclic) bond motifs is 3. The number of carbonyl (C=O) groups is 1. The molecule has 3 aliphatic heterocycles. The number of benzene rings is 1. The van der Waals surface area contributed by atoms with Crippen LogP contribution in [-0.2, 0) is 14.9 Å². The third-order valence-electron chi connectivity index (χ3n) is 7.89. The maximum atomic E-state index is 13.7. The molecule has 5 rings (SSSR count). The van der Waals surface area contributed by atoms with Gasteiger partial charge in [-0.15, -0.1) is 0 Å². The Hall–Kier alpha value is -1.35. The fourth-order valence-electron chi connectivity index (χ4n) is 5.93. The van der Waals surface area contributed by atoms with Gasteiger partial charge in [0, 0.05) is 18.8 Å². The number of carbonyl (C=O) groups excluding carboxylic acids is 1. The van der Waals surface area contributed by atoms with Crippen LogP contribution in [0.1, 0.15) is 70.3 Å². The lowest BCUT2D eigenvalue weighted by Crippen LogP contribution is -2.64. The lowest BCUT2D eigenvalue weighted by Gasteiger charge is -2.52. The Morgan fingerprint density at radius 2 is 1.67 bits per heavy atom. The second-order valence-corrected chi connectivity index (χ2v) is 9.28. The maximum absolute atomic E-state index is 13.7. The highest BCUT2D eigenvalue weighted by Gasteiger charge is 2.49. The minimum absolute atomic E-state index is 0.0728. The first-order chi connectivity index (χ1) is 13.2. The number of rotatable bonds is 4. The van der Waals surface area contributed by atoms with Crippen molar-refractivity contribution in [2.24, 2.45) is 5.92 Å². The predicted molar refractivity (Wildman–Crippen MR) is 108 cm³/mol. The topological polar surface area (TPSA) is 26.3 Å². The average Bonchev–Trinajstić information content (AvgIpc) is 2.70. The standard InChI is InChI=1S/C24H36NO2/c1-2-25-17-13-20(14-18-25)22(19-25)27-23(26)24(21-11-7-6-8-12-21)15-9-4-3-5-10-16-24/h6-8,11-12,20,22H,2-5,9-10,13-19H2,1H3/q+1/t20?,22-,25?/m0/s1. The first-order valence-corrected chi connectivity index (χ1v) is 11.3. The summed E-state index contributed by atoms with van der Waals surface area (Å²) in [5, 5.41) is 0. The zero-order valence-electron chi connectivity index (χ0n) is 17.0. The van der Waals surface area contributed by atoms with Crippen molar-refractivity contribution < 1.29 is 14.0 Å². The predicted octanol–water partition coefficient (Wildman–Crippen LogP) is 4.84. The number of piperidine rings is 3. The Bertz CT molecular complexity index is 625. The van der Waals surface area contributed by atoms with Gasteiger partial charge in [-0.25, -0.2) is 0 Å². The molecular formula is C24H36NO2+. The minimum atomic E-state index is -0.426. The van der Waals surface area contributed by atoms with Crippen LogP contribution in [0.25, 0.3) is 0 Å². The lowest BCUT2D eigenvalue weighted by molar-refractivity contribution is -0.944. The first-order valence-electron chi connectivity index (χ1n) is 11.3. The summed E-state index contributed by atoms with van der Waals surface area (Å²) in [5.41, 5.74) is 0.752. The molecule has 4 aliphatic rings. The van der Waals surface area contributed by atoms with E-state index in [4.69, 9.17) is 4.74 Å². The van der Waals surface area contributed by atoms with Crippen molar-refractivity contribution in [1.29, 1.82) is 0 Å². The molecule has 0 spiro atoms. The molecule has 0 radical (unpaired) electrons. The molecule has 3 heterocycles. The van der Waals surface area contributed by atoms with Crippen molar-refractivity contribution in [2.45, 2.75) is 76.2 Å². The van der Waals surface area contributed by atoms with Crippen molar-refractivity contribution >= 4 is 5.97 Å². The molecular weight excluding hydrogens is 334 g/mol. The second kappa shape index (κ2) is 7.95. The molecule has 1 aromatic rings. The van der Waals surface area contributed by atoms with Crippen molar-refractivity contribution in [3.8, 4) is 0 Å². The molecule has 0 amide bonds. The molecule has 0 unspecified atom stereocenters. The van der Waals surface area contributed by atoms with Gasteiger partial charge in [0.1, 0.15) is 6.54 Å². The molecule has 1 saturated carbocycles. The number of ether oxygens (including phenoxy) is 1. The monoisotopic (exact) mass is 370 g/mol. The van der Waals surface area contributed by atoms with Crippen LogP contribution < -0.4 is 0 Å². The average molecular weight is 371 g/mol. The lowest BCUT2D eigenvalue weighted by atomic mass is 9.71. The number of nitrogens with zero attached hydrogens (tertiary/aromatic N) is 1. The van der Waals surface area contributed by atoms with Gasteiger partial charge in [0.05, 0.1) is 25.0 Å². The number of esters is 1. The summed E-state index contributed by atoms with van der Waals surface area (Å²) in [6.07, 6.45) is 10.5. The third kappa shape index (κ3) is 3.68. The van der Waals surface area contributed by atoms with Crippen LogP contribution in [0, 0.1) is 5.92 Å². The number of hydrogen-bond donors (Lipinski definition) is 0. The highest BCUT2D eigenvalue weighted by atomic mass is 16.5. The minimum Gasteiger partial charge on any atom is -0.455 e. The van der Waals surface area contributed by atoms with Crippen LogP contribution in [-0.4, -0.2) is 42.7 Å². The summed E-state index contributed by atoms with van der Waals surface area (Å²) < 4.78 is 7.55. The Labute approximate surface area is 164 Å². The quantitative estimate of drug-likeness (QED) is 0.560. The van der Waals surface area contributed by atoms with Gasteiger partial charge in [-0.1, -0.05) is 62.4 Å². The normalized spacial score (nSPS) is 33.1. The molecule has 2 bridgehead atoms. The van der Waals surface area contributed by atoms with Crippen LogP contribution in [0.2, 0.25) is 0 Å². The Morgan fingerprint density at radius 1 is 1.04 bits per heavy atom. The van der Waals surface area contributed by atoms with Gasteiger partial charge in [0.15, 0.2) is 6.10 Å². The smallest absolute Gasteiger partial charge is 0.317 e. The van der Waals surface area contributed by atoms with E-state index in [1.165, 1.54) is 57.3 Å². The molecule has 3 saturated heterocycles. The van der Waals surface area contributed by atoms with E-state index in [1.54, 1.807) is 0 Å². The summed E-state index contributed by atoms with van der Waals surface area (Å²) >= 11 is 0. The highest BCUT2D eigenvalue weighted by Crippen LogP contribution is 2.41. The zero-order valence-corrected chi connectivity index (χ0v) is 17.0. The maximum Gasteiger partial charge on any atom is 0.317 e. The van der Waals surface area contributed by atoms with Crippen LogP contribution in [0.3, 0.4) is 0 Å². The molecule has 1 atom stereocenters.